The highest BCUT2D eigenvalue weighted by Gasteiger charge is 2.28. The van der Waals surface area contributed by atoms with E-state index in [1.807, 2.05) is 12.1 Å². The minimum absolute atomic E-state index is 0.0159. The number of carbonyl (C=O) groups is 1. The monoisotopic (exact) mass is 538 g/mol. The molecule has 0 spiro atoms. The molecule has 9 heteroatoms. The topological polar surface area (TPSA) is 78.1 Å². The third kappa shape index (κ3) is 5.97. The zero-order valence-electron chi connectivity index (χ0n) is 21.8. The summed E-state index contributed by atoms with van der Waals surface area (Å²) in [5, 5.41) is 13.8. The summed E-state index contributed by atoms with van der Waals surface area (Å²) in [4.78, 5) is 28.9. The number of nitrogens with zero attached hydrogens (tertiary/aromatic N) is 4. The first kappa shape index (κ1) is 27.5. The number of hydrogen-bond donors (Lipinski definition) is 1. The fourth-order valence-electron chi connectivity index (χ4n) is 5.00. The standard InChI is InChI=1S/C29H32ClFN4O3/c1-33-14-12-21(13-15-33)35(3)29(37)23-10-8-19(16-26(23)31)24(22-6-4-5-7-25(22)30)17-27(32-38)20-9-11-28(36)34(2)18-20/h4-11,16,18,21,24,38H,12-15,17H2,1-3H3/b32-27+. The molecule has 0 aliphatic carbocycles. The lowest BCUT2D eigenvalue weighted by molar-refractivity contribution is 0.0655. The summed E-state index contributed by atoms with van der Waals surface area (Å²) in [5.74, 6) is -1.44. The maximum absolute atomic E-state index is 15.5. The molecule has 1 saturated heterocycles. The number of rotatable bonds is 7. The molecule has 1 N–H and O–H groups in total. The lowest BCUT2D eigenvalue weighted by Gasteiger charge is -2.35. The summed E-state index contributed by atoms with van der Waals surface area (Å²) in [5.41, 5.74) is 2.00. The Morgan fingerprint density at radius 3 is 2.50 bits per heavy atom. The van der Waals surface area contributed by atoms with Gasteiger partial charge in [-0.1, -0.05) is 41.0 Å². The summed E-state index contributed by atoms with van der Waals surface area (Å²) >= 11 is 6.54. The molecule has 2 aromatic carbocycles. The van der Waals surface area contributed by atoms with Crippen LogP contribution in [0.2, 0.25) is 5.02 Å². The van der Waals surface area contributed by atoms with Crippen molar-refractivity contribution in [1.82, 2.24) is 14.4 Å². The molecule has 1 unspecified atom stereocenters. The molecule has 1 aliphatic rings. The molecule has 200 valence electrons. The first-order valence-corrected chi connectivity index (χ1v) is 12.9. The molecule has 1 fully saturated rings. The number of halogens is 2. The first-order chi connectivity index (χ1) is 18.2. The average Bonchev–Trinajstić information content (AvgIpc) is 2.91. The Morgan fingerprint density at radius 1 is 1.16 bits per heavy atom. The van der Waals surface area contributed by atoms with Crippen molar-refractivity contribution in [1.29, 1.82) is 0 Å². The van der Waals surface area contributed by atoms with Gasteiger partial charge in [0, 0.05) is 55.3 Å². The zero-order valence-corrected chi connectivity index (χ0v) is 22.5. The van der Waals surface area contributed by atoms with Crippen molar-refractivity contribution in [2.45, 2.75) is 31.2 Å². The van der Waals surface area contributed by atoms with Crippen LogP contribution in [0.5, 0.6) is 0 Å². The van der Waals surface area contributed by atoms with Crippen molar-refractivity contribution < 1.29 is 14.4 Å². The van der Waals surface area contributed by atoms with Crippen molar-refractivity contribution in [2.75, 3.05) is 27.2 Å². The maximum atomic E-state index is 15.5. The molecule has 38 heavy (non-hydrogen) atoms. The molecular formula is C29H32ClFN4O3. The fraction of sp³-hybridized carbons (Fsp3) is 0.345. The molecular weight excluding hydrogens is 507 g/mol. The van der Waals surface area contributed by atoms with Crippen LogP contribution in [0.1, 0.15) is 52.2 Å². The summed E-state index contributed by atoms with van der Waals surface area (Å²) in [6.45, 7) is 1.79. The third-order valence-corrected chi connectivity index (χ3v) is 7.74. The largest absolute Gasteiger partial charge is 0.411 e. The van der Waals surface area contributed by atoms with E-state index in [-0.39, 0.29) is 29.5 Å². The number of benzene rings is 2. The number of amides is 1. The van der Waals surface area contributed by atoms with Gasteiger partial charge in [0.25, 0.3) is 5.91 Å². The van der Waals surface area contributed by atoms with Gasteiger partial charge in [-0.3, -0.25) is 9.59 Å². The van der Waals surface area contributed by atoms with Crippen LogP contribution in [0.3, 0.4) is 0 Å². The predicted molar refractivity (Wildman–Crippen MR) is 147 cm³/mol. The molecule has 1 aromatic heterocycles. The molecule has 0 saturated carbocycles. The lowest BCUT2D eigenvalue weighted by atomic mass is 9.85. The van der Waals surface area contributed by atoms with Gasteiger partial charge in [0.15, 0.2) is 0 Å². The Morgan fingerprint density at radius 2 is 1.87 bits per heavy atom. The number of likely N-dealkylation sites (tertiary alicyclic amines) is 1. The van der Waals surface area contributed by atoms with Crippen LogP contribution in [-0.4, -0.2) is 64.4 Å². The molecule has 1 atom stereocenters. The van der Waals surface area contributed by atoms with Gasteiger partial charge >= 0.3 is 0 Å². The highest BCUT2D eigenvalue weighted by Crippen LogP contribution is 2.35. The molecule has 2 heterocycles. The first-order valence-electron chi connectivity index (χ1n) is 12.6. The normalized spacial score (nSPS) is 15.9. The quantitative estimate of drug-likeness (QED) is 0.268. The van der Waals surface area contributed by atoms with E-state index in [2.05, 4.69) is 17.1 Å². The molecule has 1 amide bonds. The lowest BCUT2D eigenvalue weighted by Crippen LogP contribution is -2.44. The van der Waals surface area contributed by atoms with E-state index in [1.54, 1.807) is 49.5 Å². The van der Waals surface area contributed by atoms with Gasteiger partial charge in [-0.2, -0.15) is 0 Å². The van der Waals surface area contributed by atoms with Gasteiger partial charge in [-0.05, 0) is 68.4 Å². The van der Waals surface area contributed by atoms with Crippen LogP contribution in [0.15, 0.2) is 70.7 Å². The number of hydrogen-bond acceptors (Lipinski definition) is 5. The Balaban J connectivity index is 1.66. The van der Waals surface area contributed by atoms with Crippen LogP contribution in [0.25, 0.3) is 0 Å². The average molecular weight is 539 g/mol. The third-order valence-electron chi connectivity index (χ3n) is 7.40. The summed E-state index contributed by atoms with van der Waals surface area (Å²) < 4.78 is 16.9. The molecule has 4 rings (SSSR count). The van der Waals surface area contributed by atoms with Gasteiger partial charge in [0.1, 0.15) is 5.82 Å². The second kappa shape index (κ2) is 11.9. The number of pyridine rings is 1. The van der Waals surface area contributed by atoms with Gasteiger partial charge in [-0.25, -0.2) is 4.39 Å². The molecule has 3 aromatic rings. The SMILES string of the molecule is CN1CCC(N(C)C(=O)c2ccc(C(C/C(=N\O)c3ccc(=O)n(C)c3)c3ccccc3Cl)cc2F)CC1. The van der Waals surface area contributed by atoms with E-state index in [9.17, 15) is 14.8 Å². The molecule has 0 radical (unpaired) electrons. The predicted octanol–water partition coefficient (Wildman–Crippen LogP) is 4.74. The van der Waals surface area contributed by atoms with Crippen LogP contribution >= 0.6 is 11.6 Å². The zero-order chi connectivity index (χ0) is 27.4. The van der Waals surface area contributed by atoms with Crippen LogP contribution in [-0.2, 0) is 7.05 Å². The molecule has 1 aliphatic heterocycles. The van der Waals surface area contributed by atoms with Crippen LogP contribution in [0.4, 0.5) is 4.39 Å². The van der Waals surface area contributed by atoms with Crippen LogP contribution in [0, 0.1) is 5.82 Å². The maximum Gasteiger partial charge on any atom is 0.256 e. The van der Waals surface area contributed by atoms with Crippen molar-refractivity contribution in [3.8, 4) is 0 Å². The Kier molecular flexibility index (Phi) is 8.64. The van der Waals surface area contributed by atoms with E-state index in [1.165, 1.54) is 22.8 Å². The van der Waals surface area contributed by atoms with Crippen LogP contribution < -0.4 is 5.56 Å². The number of aromatic nitrogens is 1. The van der Waals surface area contributed by atoms with E-state index in [0.29, 0.717) is 21.9 Å². The van der Waals surface area contributed by atoms with E-state index in [4.69, 9.17) is 11.6 Å². The second-order valence-corrected chi connectivity index (χ2v) is 10.3. The van der Waals surface area contributed by atoms with Crippen molar-refractivity contribution in [3.05, 3.63) is 104 Å². The van der Waals surface area contributed by atoms with Crippen molar-refractivity contribution >= 4 is 23.2 Å². The van der Waals surface area contributed by atoms with Gasteiger partial charge < -0.3 is 19.6 Å². The van der Waals surface area contributed by atoms with E-state index >= 15 is 4.39 Å². The summed E-state index contributed by atoms with van der Waals surface area (Å²) in [6, 6.07) is 14.9. The second-order valence-electron chi connectivity index (χ2n) is 9.88. The number of oxime groups is 1. The molecule has 0 bridgehead atoms. The fourth-order valence-corrected chi connectivity index (χ4v) is 5.27. The number of aryl methyl sites for hydroxylation is 1. The van der Waals surface area contributed by atoms with Gasteiger partial charge in [0.2, 0.25) is 5.56 Å². The van der Waals surface area contributed by atoms with Gasteiger partial charge in [-0.15, -0.1) is 0 Å². The summed E-state index contributed by atoms with van der Waals surface area (Å²) in [6.07, 6.45) is 3.46. The van der Waals surface area contributed by atoms with Crippen molar-refractivity contribution in [3.63, 3.8) is 0 Å². The Bertz CT molecular complexity index is 1400. The Labute approximate surface area is 226 Å². The van der Waals surface area contributed by atoms with E-state index < -0.39 is 11.7 Å². The van der Waals surface area contributed by atoms with Gasteiger partial charge in [0.05, 0.1) is 11.3 Å². The number of carbonyl (C=O) groups excluding carboxylic acids is 1. The Hall–Kier alpha value is -3.49. The minimum atomic E-state index is -0.617. The highest BCUT2D eigenvalue weighted by molar-refractivity contribution is 6.31. The highest BCUT2D eigenvalue weighted by atomic mass is 35.5. The number of piperidine rings is 1. The van der Waals surface area contributed by atoms with Crippen molar-refractivity contribution in [2.24, 2.45) is 12.2 Å². The minimum Gasteiger partial charge on any atom is -0.411 e. The summed E-state index contributed by atoms with van der Waals surface area (Å²) in [7, 11) is 5.40. The smallest absolute Gasteiger partial charge is 0.256 e. The van der Waals surface area contributed by atoms with E-state index in [0.717, 1.165) is 31.5 Å². The molecule has 7 nitrogen and oxygen atoms in total.